The van der Waals surface area contributed by atoms with Crippen LogP contribution >= 0.6 is 15.6 Å². The van der Waals surface area contributed by atoms with Crippen LogP contribution in [0.5, 0.6) is 0 Å². The number of hydrogen-bond donors (Lipinski definition) is 3. The topological polar surface area (TPSA) is 237 Å². The number of ether oxygens (including phenoxy) is 4. The van der Waals surface area contributed by atoms with E-state index in [-0.39, 0.29) is 25.7 Å². The minimum absolute atomic E-state index is 0.109. The van der Waals surface area contributed by atoms with Crippen molar-refractivity contribution in [2.24, 2.45) is 11.8 Å². The fourth-order valence-electron chi connectivity index (χ4n) is 13.6. The molecule has 0 aliphatic rings. The number of phosphoric ester groups is 2. The van der Waals surface area contributed by atoms with Crippen LogP contribution < -0.4 is 0 Å². The number of phosphoric acid groups is 2. The van der Waals surface area contributed by atoms with Crippen molar-refractivity contribution < 1.29 is 80.2 Å². The summed E-state index contributed by atoms with van der Waals surface area (Å²) in [6, 6.07) is 0. The van der Waals surface area contributed by atoms with Gasteiger partial charge in [0.25, 0.3) is 0 Å². The van der Waals surface area contributed by atoms with Crippen LogP contribution in [0.4, 0.5) is 0 Å². The van der Waals surface area contributed by atoms with Gasteiger partial charge in [-0.25, -0.2) is 9.13 Å². The van der Waals surface area contributed by atoms with Crippen LogP contribution in [-0.2, 0) is 65.4 Å². The fourth-order valence-corrected chi connectivity index (χ4v) is 15.2. The van der Waals surface area contributed by atoms with Gasteiger partial charge in [-0.2, -0.15) is 0 Å². The Hall–Kier alpha value is -1.94. The molecule has 106 heavy (non-hydrogen) atoms. The van der Waals surface area contributed by atoms with Crippen LogP contribution in [0.25, 0.3) is 0 Å². The Bertz CT molecular complexity index is 2030. The highest BCUT2D eigenvalue weighted by molar-refractivity contribution is 7.47. The molecular formula is C87H170O17P2. The first-order valence-electron chi connectivity index (χ1n) is 45.0. The quantitative estimate of drug-likeness (QED) is 0.0222. The molecule has 630 valence electrons. The zero-order valence-electron chi connectivity index (χ0n) is 69.7. The van der Waals surface area contributed by atoms with Crippen molar-refractivity contribution in [2.75, 3.05) is 39.6 Å². The van der Waals surface area contributed by atoms with E-state index in [0.717, 1.165) is 102 Å². The molecule has 0 aliphatic carbocycles. The molecule has 0 spiro atoms. The number of unbranched alkanes of at least 4 members (excludes halogenated alkanes) is 56. The van der Waals surface area contributed by atoms with Crippen LogP contribution in [0.15, 0.2) is 0 Å². The molecule has 5 atom stereocenters. The number of carbonyl (C=O) groups is 4. The SMILES string of the molecule is CCCCCCCCCCCCCCCCCC(=O)O[C@H](COC(=O)CCCCCCCCCCCCC)COP(=O)(O)OC[C@H](O)COP(=O)(O)OC[C@@H](COC(=O)CCCCCCCCCCCCCCCCCCC(C)C)OC(=O)CCCCCCCCCCCCCCCCCCCCC(C)C. The minimum Gasteiger partial charge on any atom is -0.462 e. The zero-order chi connectivity index (χ0) is 77.8. The van der Waals surface area contributed by atoms with E-state index in [0.29, 0.717) is 25.7 Å². The largest absolute Gasteiger partial charge is 0.472 e. The van der Waals surface area contributed by atoms with Gasteiger partial charge in [-0.1, -0.05) is 414 Å². The average Bonchev–Trinajstić information content (AvgIpc) is 0.896. The first-order chi connectivity index (χ1) is 51.4. The first kappa shape index (κ1) is 104. The number of esters is 4. The van der Waals surface area contributed by atoms with Gasteiger partial charge in [-0.05, 0) is 37.5 Å². The lowest BCUT2D eigenvalue weighted by atomic mass is 10.0. The highest BCUT2D eigenvalue weighted by Gasteiger charge is 2.30. The van der Waals surface area contributed by atoms with Crippen LogP contribution in [-0.4, -0.2) is 96.7 Å². The summed E-state index contributed by atoms with van der Waals surface area (Å²) in [5, 5.41) is 10.7. The second-order valence-corrected chi connectivity index (χ2v) is 35.1. The van der Waals surface area contributed by atoms with E-state index in [1.54, 1.807) is 0 Å². The zero-order valence-corrected chi connectivity index (χ0v) is 71.5. The molecule has 0 radical (unpaired) electrons. The van der Waals surface area contributed by atoms with Gasteiger partial charge in [0, 0.05) is 25.7 Å². The Morgan fingerprint density at radius 2 is 0.434 bits per heavy atom. The highest BCUT2D eigenvalue weighted by atomic mass is 31.2. The summed E-state index contributed by atoms with van der Waals surface area (Å²) in [5.74, 6) is -0.466. The molecule has 0 aromatic rings. The van der Waals surface area contributed by atoms with E-state index in [9.17, 15) is 43.2 Å². The molecule has 0 aliphatic heterocycles. The summed E-state index contributed by atoms with van der Waals surface area (Å²) in [6.07, 6.45) is 70.7. The third-order valence-electron chi connectivity index (χ3n) is 20.5. The minimum atomic E-state index is -4.97. The van der Waals surface area contributed by atoms with Gasteiger partial charge in [-0.3, -0.25) is 37.3 Å². The molecule has 0 heterocycles. The number of carbonyl (C=O) groups excluding carboxylic acids is 4. The van der Waals surface area contributed by atoms with Crippen molar-refractivity contribution in [1.29, 1.82) is 0 Å². The second-order valence-electron chi connectivity index (χ2n) is 32.2. The van der Waals surface area contributed by atoms with Crippen LogP contribution in [0.2, 0.25) is 0 Å². The molecule has 0 saturated heterocycles. The molecule has 0 saturated carbocycles. The highest BCUT2D eigenvalue weighted by Crippen LogP contribution is 2.45. The standard InChI is InChI=1S/C87H170O17P2/c1-7-9-11-13-15-17-19-20-27-35-41-47-53-59-65-71-86(91)103-82(75-97-84(89)69-63-57-51-45-37-18-16-14-12-10-8-2)77-101-105(93,94)99-73-81(88)74-100-106(95,96)102-78-83(76-98-85(90)70-64-58-52-46-40-34-30-26-25-29-33-39-44-50-56-62-68-80(5)6)104-87(92)72-66-60-54-48-42-36-31-24-22-21-23-28-32-38-43-49-55-61-67-79(3)4/h79-83,88H,7-78H2,1-6H3,(H,93,94)(H,95,96)/t81-,82+,83+/m0/s1. The summed E-state index contributed by atoms with van der Waals surface area (Å²) in [4.78, 5) is 73.3. The average molecular weight is 1550 g/mol. The summed E-state index contributed by atoms with van der Waals surface area (Å²) in [5.41, 5.74) is 0. The molecule has 0 amide bonds. The van der Waals surface area contributed by atoms with Crippen LogP contribution in [0, 0.1) is 11.8 Å². The third kappa shape index (κ3) is 80.1. The van der Waals surface area contributed by atoms with E-state index in [1.807, 2.05) is 0 Å². The van der Waals surface area contributed by atoms with E-state index in [1.165, 1.54) is 283 Å². The molecule has 19 heteroatoms. The molecule has 0 aromatic heterocycles. The molecule has 17 nitrogen and oxygen atoms in total. The maximum atomic E-state index is 13.2. The normalized spacial score (nSPS) is 13.8. The third-order valence-corrected chi connectivity index (χ3v) is 22.4. The lowest BCUT2D eigenvalue weighted by Crippen LogP contribution is -2.30. The van der Waals surface area contributed by atoms with E-state index >= 15 is 0 Å². The second kappa shape index (κ2) is 78.3. The maximum Gasteiger partial charge on any atom is 0.472 e. The van der Waals surface area contributed by atoms with Crippen molar-refractivity contribution in [1.82, 2.24) is 0 Å². The summed E-state index contributed by atoms with van der Waals surface area (Å²) in [6.45, 7) is 9.75. The van der Waals surface area contributed by atoms with Crippen LogP contribution in [0.3, 0.4) is 0 Å². The van der Waals surface area contributed by atoms with Gasteiger partial charge in [0.05, 0.1) is 26.4 Å². The molecule has 0 rings (SSSR count). The molecule has 3 N–H and O–H groups in total. The Kier molecular flexibility index (Phi) is 76.9. The fraction of sp³-hybridized carbons (Fsp3) is 0.954. The van der Waals surface area contributed by atoms with Gasteiger partial charge in [0.2, 0.25) is 0 Å². The Morgan fingerprint density at radius 3 is 0.642 bits per heavy atom. The smallest absolute Gasteiger partial charge is 0.462 e. The van der Waals surface area contributed by atoms with E-state index in [2.05, 4.69) is 41.5 Å². The number of aliphatic hydroxyl groups excluding tert-OH is 1. The van der Waals surface area contributed by atoms with Gasteiger partial charge < -0.3 is 33.8 Å². The van der Waals surface area contributed by atoms with Gasteiger partial charge in [0.15, 0.2) is 12.2 Å². The predicted octanol–water partition coefficient (Wildman–Crippen LogP) is 26.6. The number of rotatable bonds is 86. The van der Waals surface area contributed by atoms with Crippen molar-refractivity contribution in [3.8, 4) is 0 Å². The van der Waals surface area contributed by atoms with Crippen molar-refractivity contribution in [3.05, 3.63) is 0 Å². The van der Waals surface area contributed by atoms with E-state index < -0.39 is 97.5 Å². The summed E-state index contributed by atoms with van der Waals surface area (Å²) < 4.78 is 68.9. The van der Waals surface area contributed by atoms with Gasteiger partial charge in [0.1, 0.15) is 19.3 Å². The molecule has 0 bridgehead atoms. The van der Waals surface area contributed by atoms with Crippen LogP contribution in [0.1, 0.15) is 465 Å². The maximum absolute atomic E-state index is 13.2. The van der Waals surface area contributed by atoms with Gasteiger partial charge >= 0.3 is 39.5 Å². The number of hydrogen-bond acceptors (Lipinski definition) is 15. The molecule has 2 unspecified atom stereocenters. The Morgan fingerprint density at radius 1 is 0.255 bits per heavy atom. The Labute approximate surface area is 651 Å². The first-order valence-corrected chi connectivity index (χ1v) is 48.0. The summed E-state index contributed by atoms with van der Waals surface area (Å²) >= 11 is 0. The molecule has 0 aromatic carbocycles. The van der Waals surface area contributed by atoms with Gasteiger partial charge in [-0.15, -0.1) is 0 Å². The lowest BCUT2D eigenvalue weighted by molar-refractivity contribution is -0.161. The van der Waals surface area contributed by atoms with Crippen molar-refractivity contribution in [3.63, 3.8) is 0 Å². The van der Waals surface area contributed by atoms with Crippen molar-refractivity contribution >= 4 is 39.5 Å². The van der Waals surface area contributed by atoms with E-state index in [4.69, 9.17) is 37.0 Å². The monoisotopic (exact) mass is 1550 g/mol. The predicted molar refractivity (Wildman–Crippen MR) is 437 cm³/mol. The molecule has 0 fully saturated rings. The number of aliphatic hydroxyl groups is 1. The Balaban J connectivity index is 5.23. The van der Waals surface area contributed by atoms with Crippen molar-refractivity contribution in [2.45, 2.75) is 484 Å². The summed E-state index contributed by atoms with van der Waals surface area (Å²) in [7, 11) is -9.93. The lowest BCUT2D eigenvalue weighted by Gasteiger charge is -2.21. The molecular weight excluding hydrogens is 1380 g/mol.